The van der Waals surface area contributed by atoms with Gasteiger partial charge in [0.05, 0.1) is 17.2 Å². The van der Waals surface area contributed by atoms with Crippen LogP contribution in [0.25, 0.3) is 0 Å². The molecule has 1 unspecified atom stereocenters. The number of aromatic nitrogens is 1. The third-order valence-electron chi connectivity index (χ3n) is 3.81. The average Bonchev–Trinajstić information content (AvgIpc) is 2.86. The highest BCUT2D eigenvalue weighted by Crippen LogP contribution is 2.33. The topological polar surface area (TPSA) is 36.4 Å². The molecular formula is C16H30N2OS. The fourth-order valence-corrected chi connectivity index (χ4v) is 3.47. The summed E-state index contributed by atoms with van der Waals surface area (Å²) >= 11 is 1.66. The Hall–Kier alpha value is -0.610. The highest BCUT2D eigenvalue weighted by molar-refractivity contribution is 7.15. The maximum Gasteiger partial charge on any atom is 0.186 e. The van der Waals surface area contributed by atoms with E-state index in [1.807, 2.05) is 0 Å². The molecule has 3 nitrogen and oxygen atoms in total. The summed E-state index contributed by atoms with van der Waals surface area (Å²) in [6.07, 6.45) is 4.78. The first-order valence-corrected chi connectivity index (χ1v) is 8.73. The van der Waals surface area contributed by atoms with Crippen molar-refractivity contribution in [2.75, 3.05) is 11.4 Å². The second-order valence-corrected chi connectivity index (χ2v) is 6.83. The Morgan fingerprint density at radius 3 is 2.40 bits per heavy atom. The van der Waals surface area contributed by atoms with Crippen LogP contribution in [0.15, 0.2) is 0 Å². The van der Waals surface area contributed by atoms with Gasteiger partial charge in [-0.05, 0) is 32.6 Å². The zero-order chi connectivity index (χ0) is 15.1. The maximum atomic E-state index is 9.56. The predicted octanol–water partition coefficient (Wildman–Crippen LogP) is 4.55. The molecule has 1 aromatic rings. The van der Waals surface area contributed by atoms with Crippen molar-refractivity contribution in [1.29, 1.82) is 0 Å². The lowest BCUT2D eigenvalue weighted by Crippen LogP contribution is -2.31. The number of hydrogen-bond donors (Lipinski definition) is 1. The average molecular weight is 298 g/mol. The molecule has 0 aliphatic carbocycles. The fraction of sp³-hybridized carbons (Fsp3) is 0.812. The van der Waals surface area contributed by atoms with E-state index in [1.165, 1.54) is 19.3 Å². The molecule has 1 heterocycles. The molecule has 1 N–H and O–H groups in total. The molecule has 0 aromatic carbocycles. The Bertz CT molecular complexity index is 390. The highest BCUT2D eigenvalue weighted by Gasteiger charge is 2.20. The molecule has 116 valence electrons. The first-order valence-electron chi connectivity index (χ1n) is 7.92. The second-order valence-electron chi connectivity index (χ2n) is 5.77. The summed E-state index contributed by atoms with van der Waals surface area (Å²) in [6.45, 7) is 12.2. The van der Waals surface area contributed by atoms with E-state index in [1.54, 1.807) is 11.3 Å². The molecule has 1 rings (SSSR count). The molecule has 0 aliphatic heterocycles. The summed E-state index contributed by atoms with van der Waals surface area (Å²) in [5.74, 6) is 0.423. The van der Waals surface area contributed by atoms with E-state index in [4.69, 9.17) is 4.98 Å². The first kappa shape index (κ1) is 17.4. The summed E-state index contributed by atoms with van der Waals surface area (Å²) < 4.78 is 0. The minimum atomic E-state index is 0.109. The maximum absolute atomic E-state index is 9.56. The van der Waals surface area contributed by atoms with Gasteiger partial charge in [-0.15, -0.1) is 0 Å². The molecule has 0 spiro atoms. The summed E-state index contributed by atoms with van der Waals surface area (Å²) in [6, 6.07) is 0.453. The third kappa shape index (κ3) is 4.45. The van der Waals surface area contributed by atoms with Gasteiger partial charge in [0.2, 0.25) is 0 Å². The van der Waals surface area contributed by atoms with Crippen molar-refractivity contribution < 1.29 is 5.11 Å². The van der Waals surface area contributed by atoms with Crippen molar-refractivity contribution in [1.82, 2.24) is 4.98 Å². The van der Waals surface area contributed by atoms with E-state index < -0.39 is 0 Å². The van der Waals surface area contributed by atoms with Gasteiger partial charge in [0.15, 0.2) is 5.13 Å². The van der Waals surface area contributed by atoms with Crippen molar-refractivity contribution in [2.24, 2.45) is 0 Å². The lowest BCUT2D eigenvalue weighted by molar-refractivity contribution is 0.283. The van der Waals surface area contributed by atoms with E-state index >= 15 is 0 Å². The van der Waals surface area contributed by atoms with Crippen LogP contribution in [-0.2, 0) is 6.61 Å². The predicted molar refractivity (Wildman–Crippen MR) is 88.7 cm³/mol. The molecule has 1 aromatic heterocycles. The lowest BCUT2D eigenvalue weighted by atomic mass is 10.0. The van der Waals surface area contributed by atoms with Crippen LogP contribution in [0.1, 0.15) is 76.8 Å². The molecule has 0 aliphatic rings. The first-order chi connectivity index (χ1) is 9.54. The highest BCUT2D eigenvalue weighted by atomic mass is 32.1. The molecule has 0 saturated heterocycles. The largest absolute Gasteiger partial charge is 0.391 e. The Labute approximate surface area is 128 Å². The van der Waals surface area contributed by atoms with E-state index in [2.05, 4.69) is 39.5 Å². The van der Waals surface area contributed by atoms with Crippen LogP contribution in [0.2, 0.25) is 0 Å². The van der Waals surface area contributed by atoms with E-state index in [-0.39, 0.29) is 6.61 Å². The van der Waals surface area contributed by atoms with Crippen molar-refractivity contribution in [3.63, 3.8) is 0 Å². The standard InChI is InChI=1S/C16H30N2OS/c1-6-8-9-10-18(12(3)4)16-17-15(13(5)7-2)14(11-19)20-16/h12-13,19H,6-11H2,1-5H3. The molecule has 4 heteroatoms. The number of nitrogens with zero attached hydrogens (tertiary/aromatic N) is 2. The van der Waals surface area contributed by atoms with Gasteiger partial charge < -0.3 is 10.0 Å². The van der Waals surface area contributed by atoms with E-state index in [0.717, 1.165) is 28.7 Å². The summed E-state index contributed by atoms with van der Waals surface area (Å²) in [4.78, 5) is 8.25. The number of unbranched alkanes of at least 4 members (excludes halogenated alkanes) is 2. The molecule has 0 radical (unpaired) electrons. The van der Waals surface area contributed by atoms with Gasteiger partial charge >= 0.3 is 0 Å². The summed E-state index contributed by atoms with van der Waals surface area (Å²) in [7, 11) is 0. The van der Waals surface area contributed by atoms with Gasteiger partial charge in [-0.25, -0.2) is 4.98 Å². The van der Waals surface area contributed by atoms with Gasteiger partial charge in [0.1, 0.15) is 0 Å². The number of hydrogen-bond acceptors (Lipinski definition) is 4. The van der Waals surface area contributed by atoms with Crippen LogP contribution in [0, 0.1) is 0 Å². The van der Waals surface area contributed by atoms with Gasteiger partial charge in [0.25, 0.3) is 0 Å². The molecule has 0 fully saturated rings. The van der Waals surface area contributed by atoms with Crippen LogP contribution in [0.4, 0.5) is 5.13 Å². The number of aliphatic hydroxyl groups excluding tert-OH is 1. The Kier molecular flexibility index (Phi) is 7.52. The smallest absolute Gasteiger partial charge is 0.186 e. The zero-order valence-electron chi connectivity index (χ0n) is 13.6. The van der Waals surface area contributed by atoms with Crippen LogP contribution in [-0.4, -0.2) is 22.7 Å². The van der Waals surface area contributed by atoms with Crippen LogP contribution >= 0.6 is 11.3 Å². The van der Waals surface area contributed by atoms with Crippen molar-refractivity contribution in [3.05, 3.63) is 10.6 Å². The minimum absolute atomic E-state index is 0.109. The van der Waals surface area contributed by atoms with Crippen LogP contribution < -0.4 is 4.90 Å². The van der Waals surface area contributed by atoms with Crippen LogP contribution in [0.3, 0.4) is 0 Å². The number of thiazole rings is 1. The SMILES string of the molecule is CCCCCN(c1nc(C(C)CC)c(CO)s1)C(C)C. The van der Waals surface area contributed by atoms with Crippen molar-refractivity contribution in [2.45, 2.75) is 78.9 Å². The number of aliphatic hydroxyl groups is 1. The second kappa shape index (κ2) is 8.63. The van der Waals surface area contributed by atoms with Gasteiger partial charge in [0, 0.05) is 12.6 Å². The molecule has 1 atom stereocenters. The van der Waals surface area contributed by atoms with Crippen molar-refractivity contribution >= 4 is 16.5 Å². The quantitative estimate of drug-likeness (QED) is 0.679. The van der Waals surface area contributed by atoms with Crippen molar-refractivity contribution in [3.8, 4) is 0 Å². The molecule has 0 bridgehead atoms. The van der Waals surface area contributed by atoms with Gasteiger partial charge in [-0.1, -0.05) is 44.9 Å². The monoisotopic (exact) mass is 298 g/mol. The minimum Gasteiger partial charge on any atom is -0.391 e. The Morgan fingerprint density at radius 2 is 1.90 bits per heavy atom. The summed E-state index contributed by atoms with van der Waals surface area (Å²) in [5, 5.41) is 10.6. The number of anilines is 1. The Morgan fingerprint density at radius 1 is 1.20 bits per heavy atom. The molecular weight excluding hydrogens is 268 g/mol. The third-order valence-corrected chi connectivity index (χ3v) is 4.90. The lowest BCUT2D eigenvalue weighted by Gasteiger charge is -2.26. The zero-order valence-corrected chi connectivity index (χ0v) is 14.5. The van der Waals surface area contributed by atoms with E-state index in [9.17, 15) is 5.11 Å². The van der Waals surface area contributed by atoms with E-state index in [0.29, 0.717) is 12.0 Å². The molecule has 0 amide bonds. The normalized spacial score (nSPS) is 12.9. The Balaban J connectivity index is 2.93. The van der Waals surface area contributed by atoms with Crippen LogP contribution in [0.5, 0.6) is 0 Å². The molecule has 20 heavy (non-hydrogen) atoms. The summed E-state index contributed by atoms with van der Waals surface area (Å²) in [5.41, 5.74) is 1.09. The van der Waals surface area contributed by atoms with Gasteiger partial charge in [-0.3, -0.25) is 0 Å². The molecule has 0 saturated carbocycles. The van der Waals surface area contributed by atoms with Gasteiger partial charge in [-0.2, -0.15) is 0 Å². The fourth-order valence-electron chi connectivity index (χ4n) is 2.27. The number of rotatable bonds is 9.